The summed E-state index contributed by atoms with van der Waals surface area (Å²) in [6, 6.07) is 31.8. The number of rotatable bonds is 7. The number of esters is 2. The van der Waals surface area contributed by atoms with E-state index in [0.717, 1.165) is 50.8 Å². The van der Waals surface area contributed by atoms with Crippen LogP contribution in [-0.2, 0) is 9.59 Å². The van der Waals surface area contributed by atoms with Crippen molar-refractivity contribution in [1.29, 1.82) is 0 Å². The van der Waals surface area contributed by atoms with Crippen molar-refractivity contribution in [1.82, 2.24) is 0 Å². The number of carbonyl (C=O) groups is 2. The van der Waals surface area contributed by atoms with Gasteiger partial charge in [0.15, 0.2) is 0 Å². The molecule has 0 unspecified atom stereocenters. The quantitative estimate of drug-likeness (QED) is 0.129. The van der Waals surface area contributed by atoms with Gasteiger partial charge in [-0.15, -0.1) is 0 Å². The number of hydrogen-bond donors (Lipinski definition) is 0. The Morgan fingerprint density at radius 1 is 0.579 bits per heavy atom. The van der Waals surface area contributed by atoms with Crippen molar-refractivity contribution in [2.45, 2.75) is 6.92 Å². The third kappa shape index (κ3) is 5.18. The minimum absolute atomic E-state index is 0.471. The van der Waals surface area contributed by atoms with Crippen LogP contribution in [0, 0.1) is 6.92 Å². The summed E-state index contributed by atoms with van der Waals surface area (Å²) in [5, 5.41) is 3.92. The molecular formula is C33H25NO4. The average molecular weight is 500 g/mol. The molecule has 0 heterocycles. The zero-order valence-corrected chi connectivity index (χ0v) is 20.9. The highest BCUT2D eigenvalue weighted by atomic mass is 16.5. The highest BCUT2D eigenvalue weighted by Crippen LogP contribution is 2.38. The number of hydrogen-bond acceptors (Lipinski definition) is 5. The smallest absolute Gasteiger partial charge is 0.335 e. The Morgan fingerprint density at radius 3 is 1.42 bits per heavy atom. The molecule has 0 aliphatic rings. The van der Waals surface area contributed by atoms with E-state index in [1.807, 2.05) is 48.5 Å². The van der Waals surface area contributed by atoms with Crippen LogP contribution >= 0.6 is 0 Å². The van der Waals surface area contributed by atoms with E-state index in [4.69, 9.17) is 9.47 Å². The molecule has 5 aromatic carbocycles. The molecule has 0 fully saturated rings. The Morgan fingerprint density at radius 2 is 0.974 bits per heavy atom. The summed E-state index contributed by atoms with van der Waals surface area (Å²) in [7, 11) is 0. The predicted molar refractivity (Wildman–Crippen MR) is 153 cm³/mol. The van der Waals surface area contributed by atoms with Gasteiger partial charge in [0.05, 0.1) is 0 Å². The standard InChI is InChI=1S/C33H25NO4/c1-4-32(35)37-30-16-10-23-18-28(14-8-25(23)20-30)34(27-12-6-22(3)7-13-27)29-15-9-26-21-31(38-33(36)5-2)17-11-24(26)19-29/h4-21H,1-2H2,3H3. The van der Waals surface area contributed by atoms with E-state index < -0.39 is 11.9 Å². The van der Waals surface area contributed by atoms with E-state index in [9.17, 15) is 9.59 Å². The Bertz CT molecular complexity index is 1600. The molecule has 0 bridgehead atoms. The Labute approximate surface area is 220 Å². The molecule has 38 heavy (non-hydrogen) atoms. The molecule has 186 valence electrons. The van der Waals surface area contributed by atoms with E-state index in [2.05, 4.69) is 61.4 Å². The number of anilines is 3. The second-order valence-electron chi connectivity index (χ2n) is 8.81. The SMILES string of the molecule is C=CC(=O)Oc1ccc2cc(N(c3ccc(C)cc3)c3ccc4cc(OC(=O)C=C)ccc4c3)ccc2c1. The van der Waals surface area contributed by atoms with E-state index in [1.165, 1.54) is 5.56 Å². The maximum absolute atomic E-state index is 11.6. The fourth-order valence-electron chi connectivity index (χ4n) is 4.28. The first-order valence-electron chi connectivity index (χ1n) is 12.1. The predicted octanol–water partition coefficient (Wildman–Crippen LogP) is 7.95. The summed E-state index contributed by atoms with van der Waals surface area (Å²) in [6.07, 6.45) is 2.29. The molecule has 0 aliphatic carbocycles. The number of fused-ring (bicyclic) bond motifs is 2. The molecule has 5 nitrogen and oxygen atoms in total. The summed E-state index contributed by atoms with van der Waals surface area (Å²) in [5.41, 5.74) is 4.15. The Hall–Kier alpha value is -5.16. The van der Waals surface area contributed by atoms with Crippen LogP contribution in [0.25, 0.3) is 21.5 Å². The third-order valence-electron chi connectivity index (χ3n) is 6.17. The molecule has 0 saturated carbocycles. The van der Waals surface area contributed by atoms with Gasteiger partial charge in [0.2, 0.25) is 0 Å². The van der Waals surface area contributed by atoms with E-state index in [0.29, 0.717) is 11.5 Å². The lowest BCUT2D eigenvalue weighted by Crippen LogP contribution is -2.10. The first-order valence-corrected chi connectivity index (χ1v) is 12.1. The number of benzene rings is 5. The second-order valence-corrected chi connectivity index (χ2v) is 8.81. The second kappa shape index (κ2) is 10.4. The summed E-state index contributed by atoms with van der Waals surface area (Å²) in [4.78, 5) is 25.4. The van der Waals surface area contributed by atoms with Crippen LogP contribution in [0.2, 0.25) is 0 Å². The lowest BCUT2D eigenvalue weighted by atomic mass is 10.1. The van der Waals surface area contributed by atoms with Gasteiger partial charge in [0, 0.05) is 29.2 Å². The first-order chi connectivity index (χ1) is 18.4. The van der Waals surface area contributed by atoms with Gasteiger partial charge in [-0.2, -0.15) is 0 Å². The Balaban J connectivity index is 1.57. The topological polar surface area (TPSA) is 55.8 Å². The molecule has 5 rings (SSSR count). The summed E-state index contributed by atoms with van der Waals surface area (Å²) in [5.74, 6) is -0.0426. The van der Waals surface area contributed by atoms with Crippen LogP contribution in [0.4, 0.5) is 17.1 Å². The van der Waals surface area contributed by atoms with Crippen molar-refractivity contribution in [3.63, 3.8) is 0 Å². The average Bonchev–Trinajstić information content (AvgIpc) is 2.94. The number of aryl methyl sites for hydroxylation is 1. The summed E-state index contributed by atoms with van der Waals surface area (Å²) < 4.78 is 10.6. The lowest BCUT2D eigenvalue weighted by Gasteiger charge is -2.26. The normalized spacial score (nSPS) is 10.7. The minimum Gasteiger partial charge on any atom is -0.423 e. The van der Waals surface area contributed by atoms with Crippen molar-refractivity contribution in [3.8, 4) is 11.5 Å². The Kier molecular flexibility index (Phi) is 6.74. The molecule has 5 heteroatoms. The van der Waals surface area contributed by atoms with Gasteiger partial charge in [-0.1, -0.05) is 55.1 Å². The number of nitrogens with zero attached hydrogens (tertiary/aromatic N) is 1. The number of carbonyl (C=O) groups excluding carboxylic acids is 2. The minimum atomic E-state index is -0.492. The van der Waals surface area contributed by atoms with Gasteiger partial charge in [0.1, 0.15) is 11.5 Å². The zero-order chi connectivity index (χ0) is 26.6. The number of ether oxygens (including phenoxy) is 2. The molecule has 0 saturated heterocycles. The fourth-order valence-corrected chi connectivity index (χ4v) is 4.28. The molecule has 0 atom stereocenters. The highest BCUT2D eigenvalue weighted by Gasteiger charge is 2.14. The maximum atomic E-state index is 11.6. The molecular weight excluding hydrogens is 474 g/mol. The van der Waals surface area contributed by atoms with Gasteiger partial charge in [-0.05, 0) is 89.1 Å². The largest absolute Gasteiger partial charge is 0.423 e. The van der Waals surface area contributed by atoms with Gasteiger partial charge in [-0.25, -0.2) is 9.59 Å². The van der Waals surface area contributed by atoms with Crippen molar-refractivity contribution < 1.29 is 19.1 Å². The van der Waals surface area contributed by atoms with E-state index in [1.54, 1.807) is 12.1 Å². The van der Waals surface area contributed by atoms with Crippen molar-refractivity contribution in [2.24, 2.45) is 0 Å². The van der Waals surface area contributed by atoms with E-state index >= 15 is 0 Å². The van der Waals surface area contributed by atoms with Crippen LogP contribution in [0.1, 0.15) is 5.56 Å². The van der Waals surface area contributed by atoms with Gasteiger partial charge >= 0.3 is 11.9 Å². The van der Waals surface area contributed by atoms with Crippen LogP contribution in [0.5, 0.6) is 11.5 Å². The highest BCUT2D eigenvalue weighted by molar-refractivity contribution is 5.94. The first kappa shape index (κ1) is 24.5. The molecule has 0 spiro atoms. The fraction of sp³-hybridized carbons (Fsp3) is 0.0303. The van der Waals surface area contributed by atoms with E-state index in [-0.39, 0.29) is 0 Å². The van der Waals surface area contributed by atoms with Crippen molar-refractivity contribution >= 4 is 50.5 Å². The van der Waals surface area contributed by atoms with Gasteiger partial charge in [0.25, 0.3) is 0 Å². The zero-order valence-electron chi connectivity index (χ0n) is 20.9. The third-order valence-corrected chi connectivity index (χ3v) is 6.17. The van der Waals surface area contributed by atoms with Crippen LogP contribution in [0.3, 0.4) is 0 Å². The molecule has 0 amide bonds. The summed E-state index contributed by atoms with van der Waals surface area (Å²) >= 11 is 0. The monoisotopic (exact) mass is 499 g/mol. The van der Waals surface area contributed by atoms with Crippen molar-refractivity contribution in [3.05, 3.63) is 128 Å². The molecule has 0 aliphatic heterocycles. The van der Waals surface area contributed by atoms with Crippen LogP contribution < -0.4 is 14.4 Å². The van der Waals surface area contributed by atoms with Gasteiger partial charge < -0.3 is 14.4 Å². The van der Waals surface area contributed by atoms with Gasteiger partial charge in [-0.3, -0.25) is 0 Å². The van der Waals surface area contributed by atoms with Crippen LogP contribution in [0.15, 0.2) is 122 Å². The van der Waals surface area contributed by atoms with Crippen molar-refractivity contribution in [2.75, 3.05) is 4.90 Å². The molecule has 5 aromatic rings. The molecule has 0 aromatic heterocycles. The lowest BCUT2D eigenvalue weighted by molar-refractivity contribution is -0.129. The molecule has 0 radical (unpaired) electrons. The maximum Gasteiger partial charge on any atom is 0.335 e. The molecule has 0 N–H and O–H groups in total. The summed E-state index contributed by atoms with van der Waals surface area (Å²) in [6.45, 7) is 8.96. The van der Waals surface area contributed by atoms with Crippen LogP contribution in [-0.4, -0.2) is 11.9 Å².